The molecule has 0 saturated carbocycles. The predicted molar refractivity (Wildman–Crippen MR) is 131 cm³/mol. The Balaban J connectivity index is 1.39. The first-order chi connectivity index (χ1) is 16.8. The van der Waals surface area contributed by atoms with Gasteiger partial charge in [-0.3, -0.25) is 14.4 Å². The van der Waals surface area contributed by atoms with Crippen LogP contribution in [0.1, 0.15) is 24.0 Å². The molecule has 2 aromatic carbocycles. The Morgan fingerprint density at radius 1 is 1.00 bits per heavy atom. The van der Waals surface area contributed by atoms with E-state index >= 15 is 0 Å². The molecule has 182 valence electrons. The summed E-state index contributed by atoms with van der Waals surface area (Å²) < 4.78 is 33.1. The number of nitrogens with zero attached hydrogens (tertiary/aromatic N) is 2. The summed E-state index contributed by atoms with van der Waals surface area (Å²) in [6.07, 6.45) is 0.605. The van der Waals surface area contributed by atoms with Crippen molar-refractivity contribution < 1.29 is 22.7 Å². The molecule has 35 heavy (non-hydrogen) atoms. The second kappa shape index (κ2) is 10.6. The maximum atomic E-state index is 12.9. The van der Waals surface area contributed by atoms with E-state index in [1.54, 1.807) is 24.3 Å². The lowest BCUT2D eigenvalue weighted by Gasteiger charge is -2.23. The highest BCUT2D eigenvalue weighted by molar-refractivity contribution is 7.92. The standard InChI is InChI=1S/C25H26N4O5S/c1-18-12-14-20(15-13-18)35(32,33)28-23-11-5-10-22(26-23)27-24(30)21-9-6-16-29(21)25(31)34-17-19-7-3-2-4-8-19/h2-5,7-8,10-15,21H,6,9,16-17H2,1H3,(H2,26,27,28,30)/t21-/m0/s1. The molecule has 0 spiro atoms. The fraction of sp³-hybridized carbons (Fsp3) is 0.240. The SMILES string of the molecule is Cc1ccc(S(=O)(=O)Nc2cccc(NC(=O)[C@@H]3CCCN3C(=O)OCc3ccccc3)n2)cc1. The highest BCUT2D eigenvalue weighted by Gasteiger charge is 2.35. The van der Waals surface area contributed by atoms with Crippen LogP contribution in [-0.2, 0) is 26.2 Å². The van der Waals surface area contributed by atoms with Gasteiger partial charge in [0.2, 0.25) is 5.91 Å². The Labute approximate surface area is 204 Å². The number of pyridine rings is 1. The number of nitrogens with one attached hydrogen (secondary N) is 2. The second-order valence-corrected chi connectivity index (χ2v) is 9.89. The van der Waals surface area contributed by atoms with Gasteiger partial charge in [-0.05, 0) is 49.6 Å². The number of likely N-dealkylation sites (tertiary alicyclic amines) is 1. The van der Waals surface area contributed by atoms with Gasteiger partial charge >= 0.3 is 6.09 Å². The van der Waals surface area contributed by atoms with Crippen molar-refractivity contribution in [2.75, 3.05) is 16.6 Å². The van der Waals surface area contributed by atoms with Gasteiger partial charge in [0.25, 0.3) is 10.0 Å². The van der Waals surface area contributed by atoms with E-state index in [2.05, 4.69) is 15.0 Å². The summed E-state index contributed by atoms with van der Waals surface area (Å²) >= 11 is 0. The van der Waals surface area contributed by atoms with Gasteiger partial charge in [-0.1, -0.05) is 54.1 Å². The monoisotopic (exact) mass is 494 g/mol. The van der Waals surface area contributed by atoms with Crippen molar-refractivity contribution in [2.45, 2.75) is 37.3 Å². The molecule has 1 fully saturated rings. The molecule has 1 saturated heterocycles. The first-order valence-corrected chi connectivity index (χ1v) is 12.6. The molecule has 0 radical (unpaired) electrons. The molecule has 2 amide bonds. The van der Waals surface area contributed by atoms with Gasteiger partial charge in [0, 0.05) is 6.54 Å². The zero-order valence-electron chi connectivity index (χ0n) is 19.2. The van der Waals surface area contributed by atoms with Crippen molar-refractivity contribution in [3.05, 3.63) is 83.9 Å². The van der Waals surface area contributed by atoms with Gasteiger partial charge in [-0.2, -0.15) is 0 Å². The third kappa shape index (κ3) is 6.15. The van der Waals surface area contributed by atoms with Gasteiger partial charge in [-0.15, -0.1) is 0 Å². The van der Waals surface area contributed by atoms with Gasteiger partial charge in [0.05, 0.1) is 4.90 Å². The van der Waals surface area contributed by atoms with Crippen LogP contribution in [0, 0.1) is 6.92 Å². The first-order valence-electron chi connectivity index (χ1n) is 11.2. The number of rotatable bonds is 7. The summed E-state index contributed by atoms with van der Waals surface area (Å²) in [5.74, 6) is -0.178. The minimum absolute atomic E-state index is 0.0638. The Bertz CT molecular complexity index is 1300. The Kier molecular flexibility index (Phi) is 7.31. The van der Waals surface area contributed by atoms with E-state index in [4.69, 9.17) is 4.74 Å². The molecular weight excluding hydrogens is 468 g/mol. The molecule has 1 aliphatic rings. The van der Waals surface area contributed by atoms with E-state index < -0.39 is 28.1 Å². The Morgan fingerprint density at radius 2 is 1.71 bits per heavy atom. The van der Waals surface area contributed by atoms with Crippen molar-refractivity contribution in [3.63, 3.8) is 0 Å². The first kappa shape index (κ1) is 24.2. The molecule has 1 atom stereocenters. The van der Waals surface area contributed by atoms with E-state index in [0.29, 0.717) is 19.4 Å². The van der Waals surface area contributed by atoms with Crippen LogP contribution in [0.5, 0.6) is 0 Å². The number of aryl methyl sites for hydroxylation is 1. The third-order valence-corrected chi connectivity index (χ3v) is 6.94. The molecule has 3 aromatic rings. The fourth-order valence-electron chi connectivity index (χ4n) is 3.74. The average Bonchev–Trinajstić information content (AvgIpc) is 3.34. The zero-order chi connectivity index (χ0) is 24.8. The van der Waals surface area contributed by atoms with Crippen LogP contribution in [0.25, 0.3) is 0 Å². The number of amides is 2. The molecular formula is C25H26N4O5S. The number of aromatic nitrogens is 1. The number of hydrogen-bond donors (Lipinski definition) is 2. The number of hydrogen-bond acceptors (Lipinski definition) is 6. The maximum Gasteiger partial charge on any atom is 0.410 e. The Hall–Kier alpha value is -3.92. The molecule has 1 aromatic heterocycles. The van der Waals surface area contributed by atoms with Crippen LogP contribution in [0.4, 0.5) is 16.4 Å². The molecule has 0 bridgehead atoms. The zero-order valence-corrected chi connectivity index (χ0v) is 20.0. The molecule has 2 heterocycles. The smallest absolute Gasteiger partial charge is 0.410 e. The normalized spacial score (nSPS) is 15.5. The summed E-state index contributed by atoms with van der Waals surface area (Å²) in [4.78, 5) is 31.2. The summed E-state index contributed by atoms with van der Waals surface area (Å²) in [5.41, 5.74) is 1.80. The predicted octanol–water partition coefficient (Wildman–Crippen LogP) is 3.93. The number of ether oxygens (including phenoxy) is 1. The van der Waals surface area contributed by atoms with Crippen LogP contribution in [0.15, 0.2) is 77.7 Å². The van der Waals surface area contributed by atoms with E-state index in [1.807, 2.05) is 37.3 Å². The van der Waals surface area contributed by atoms with Gasteiger partial charge in [0.1, 0.15) is 24.3 Å². The van der Waals surface area contributed by atoms with E-state index in [0.717, 1.165) is 11.1 Å². The molecule has 2 N–H and O–H groups in total. The van der Waals surface area contributed by atoms with Crippen LogP contribution in [-0.4, -0.2) is 42.9 Å². The summed E-state index contributed by atoms with van der Waals surface area (Å²) in [7, 11) is -3.83. The third-order valence-electron chi connectivity index (χ3n) is 5.57. The van der Waals surface area contributed by atoms with Crippen LogP contribution in [0.3, 0.4) is 0 Å². The van der Waals surface area contributed by atoms with Crippen LogP contribution >= 0.6 is 0 Å². The summed E-state index contributed by atoms with van der Waals surface area (Å²) in [6.45, 7) is 2.40. The van der Waals surface area contributed by atoms with Crippen molar-refractivity contribution in [1.82, 2.24) is 9.88 Å². The van der Waals surface area contributed by atoms with Gasteiger partial charge in [0.15, 0.2) is 0 Å². The maximum absolute atomic E-state index is 12.9. The van der Waals surface area contributed by atoms with Crippen molar-refractivity contribution >= 4 is 33.7 Å². The van der Waals surface area contributed by atoms with E-state index in [-0.39, 0.29) is 23.1 Å². The lowest BCUT2D eigenvalue weighted by atomic mass is 10.2. The molecule has 0 unspecified atom stereocenters. The number of carbonyl (C=O) groups excluding carboxylic acids is 2. The van der Waals surface area contributed by atoms with Crippen molar-refractivity contribution in [3.8, 4) is 0 Å². The lowest BCUT2D eigenvalue weighted by molar-refractivity contribution is -0.120. The minimum Gasteiger partial charge on any atom is -0.445 e. The average molecular weight is 495 g/mol. The number of carbonyl (C=O) groups is 2. The second-order valence-electron chi connectivity index (χ2n) is 8.21. The largest absolute Gasteiger partial charge is 0.445 e. The van der Waals surface area contributed by atoms with Crippen LogP contribution < -0.4 is 10.0 Å². The van der Waals surface area contributed by atoms with Gasteiger partial charge < -0.3 is 10.1 Å². The lowest BCUT2D eigenvalue weighted by Crippen LogP contribution is -2.43. The molecule has 9 nitrogen and oxygen atoms in total. The summed E-state index contributed by atoms with van der Waals surface area (Å²) in [6, 6.07) is 19.7. The number of sulfonamides is 1. The molecule has 1 aliphatic heterocycles. The number of anilines is 2. The fourth-order valence-corrected chi connectivity index (χ4v) is 4.75. The Morgan fingerprint density at radius 3 is 2.46 bits per heavy atom. The molecule has 0 aliphatic carbocycles. The number of benzene rings is 2. The summed E-state index contributed by atoms with van der Waals surface area (Å²) in [5, 5.41) is 2.68. The van der Waals surface area contributed by atoms with E-state index in [9.17, 15) is 18.0 Å². The topological polar surface area (TPSA) is 118 Å². The molecule has 4 rings (SSSR count). The van der Waals surface area contributed by atoms with Crippen molar-refractivity contribution in [2.24, 2.45) is 0 Å². The highest BCUT2D eigenvalue weighted by Crippen LogP contribution is 2.21. The minimum atomic E-state index is -3.83. The van der Waals surface area contributed by atoms with Crippen LogP contribution in [0.2, 0.25) is 0 Å². The quantitative estimate of drug-likeness (QED) is 0.514. The van der Waals surface area contributed by atoms with Crippen molar-refractivity contribution in [1.29, 1.82) is 0 Å². The highest BCUT2D eigenvalue weighted by atomic mass is 32.2. The van der Waals surface area contributed by atoms with E-state index in [1.165, 1.54) is 23.1 Å². The van der Waals surface area contributed by atoms with Gasteiger partial charge in [-0.25, -0.2) is 18.2 Å². The molecule has 10 heteroatoms.